The standard InChI is InChI=1S/C19H19O2P/c1-15-9-3-7-13-18(15)20-22(17-11-5-6-12-17)21-19-14-8-4-10-16(19)2/h3-5,7-14H,6H2,1-2H3. The Balaban J connectivity index is 1.86. The van der Waals surface area contributed by atoms with Crippen molar-refractivity contribution in [3.63, 3.8) is 0 Å². The van der Waals surface area contributed by atoms with Crippen LogP contribution in [0.5, 0.6) is 11.5 Å². The van der Waals surface area contributed by atoms with E-state index < -0.39 is 8.38 Å². The quantitative estimate of drug-likeness (QED) is 0.638. The van der Waals surface area contributed by atoms with Crippen LogP contribution in [0.15, 0.2) is 72.1 Å². The molecule has 0 spiro atoms. The molecule has 0 fully saturated rings. The van der Waals surface area contributed by atoms with Crippen molar-refractivity contribution in [1.82, 2.24) is 0 Å². The predicted molar refractivity (Wildman–Crippen MR) is 92.4 cm³/mol. The number of hydrogen-bond acceptors (Lipinski definition) is 2. The lowest BCUT2D eigenvalue weighted by Crippen LogP contribution is -1.99. The minimum Gasteiger partial charge on any atom is -0.435 e. The first-order chi connectivity index (χ1) is 10.7. The van der Waals surface area contributed by atoms with Crippen molar-refractivity contribution < 1.29 is 9.05 Å². The van der Waals surface area contributed by atoms with Gasteiger partial charge in [0.25, 0.3) is 0 Å². The molecule has 2 aromatic carbocycles. The first-order valence-electron chi connectivity index (χ1n) is 7.38. The van der Waals surface area contributed by atoms with Crippen molar-refractivity contribution in [1.29, 1.82) is 0 Å². The minimum absolute atomic E-state index is 0.878. The summed E-state index contributed by atoms with van der Waals surface area (Å²) in [6, 6.07) is 16.1. The molecule has 0 aromatic heterocycles. The molecule has 0 aliphatic heterocycles. The van der Waals surface area contributed by atoms with Crippen LogP contribution in [0.1, 0.15) is 17.5 Å². The molecule has 0 N–H and O–H groups in total. The van der Waals surface area contributed by atoms with E-state index in [0.717, 1.165) is 34.4 Å². The van der Waals surface area contributed by atoms with Crippen molar-refractivity contribution in [3.05, 3.63) is 83.2 Å². The Hall–Kier alpha value is -2.05. The number of para-hydroxylation sites is 2. The molecule has 1 aliphatic rings. The largest absolute Gasteiger partial charge is 0.435 e. The van der Waals surface area contributed by atoms with Crippen molar-refractivity contribution >= 4 is 8.38 Å². The van der Waals surface area contributed by atoms with Gasteiger partial charge < -0.3 is 9.05 Å². The summed E-state index contributed by atoms with van der Waals surface area (Å²) in [6.45, 7) is 4.10. The van der Waals surface area contributed by atoms with E-state index in [9.17, 15) is 0 Å². The average Bonchev–Trinajstić information content (AvgIpc) is 3.05. The van der Waals surface area contributed by atoms with Crippen molar-refractivity contribution in [2.75, 3.05) is 0 Å². The molecule has 22 heavy (non-hydrogen) atoms. The minimum atomic E-state index is -1.17. The molecular formula is C19H19O2P. The SMILES string of the molecule is Cc1ccccc1OP(Oc1ccccc1C)C1=CCC=C1. The van der Waals surface area contributed by atoms with Gasteiger partial charge in [-0.05, 0) is 43.5 Å². The van der Waals surface area contributed by atoms with Crippen LogP contribution in [-0.2, 0) is 0 Å². The van der Waals surface area contributed by atoms with E-state index in [1.165, 1.54) is 0 Å². The smallest absolute Gasteiger partial charge is 0.325 e. The second kappa shape index (κ2) is 6.81. The third kappa shape index (κ3) is 3.40. The summed E-state index contributed by atoms with van der Waals surface area (Å²) in [5, 5.41) is 1.13. The summed E-state index contributed by atoms with van der Waals surface area (Å²) in [4.78, 5) is 0. The highest BCUT2D eigenvalue weighted by Gasteiger charge is 2.22. The third-order valence-electron chi connectivity index (χ3n) is 3.51. The van der Waals surface area contributed by atoms with Gasteiger partial charge in [-0.3, -0.25) is 0 Å². The Morgan fingerprint density at radius 1 is 0.818 bits per heavy atom. The molecule has 0 heterocycles. The highest BCUT2D eigenvalue weighted by Crippen LogP contribution is 2.50. The van der Waals surface area contributed by atoms with E-state index >= 15 is 0 Å². The normalized spacial score (nSPS) is 13.3. The van der Waals surface area contributed by atoms with Gasteiger partial charge >= 0.3 is 8.38 Å². The van der Waals surface area contributed by atoms with Gasteiger partial charge in [0.2, 0.25) is 0 Å². The zero-order valence-corrected chi connectivity index (χ0v) is 13.7. The molecule has 0 saturated heterocycles. The fourth-order valence-corrected chi connectivity index (χ4v) is 3.70. The zero-order chi connectivity index (χ0) is 15.4. The molecule has 0 atom stereocenters. The van der Waals surface area contributed by atoms with Gasteiger partial charge in [0.05, 0.1) is 5.31 Å². The van der Waals surface area contributed by atoms with E-state index in [4.69, 9.17) is 9.05 Å². The summed E-state index contributed by atoms with van der Waals surface area (Å²) in [7, 11) is -1.17. The van der Waals surface area contributed by atoms with E-state index in [-0.39, 0.29) is 0 Å². The molecule has 0 bridgehead atoms. The van der Waals surface area contributed by atoms with Crippen LogP contribution >= 0.6 is 8.38 Å². The van der Waals surface area contributed by atoms with Crippen molar-refractivity contribution in [3.8, 4) is 11.5 Å². The predicted octanol–water partition coefficient (Wildman–Crippen LogP) is 5.92. The second-order valence-corrected chi connectivity index (χ2v) is 6.63. The van der Waals surface area contributed by atoms with Crippen LogP contribution < -0.4 is 9.05 Å². The summed E-state index contributed by atoms with van der Waals surface area (Å²) in [6.07, 6.45) is 7.35. The summed E-state index contributed by atoms with van der Waals surface area (Å²) >= 11 is 0. The van der Waals surface area contributed by atoms with Crippen LogP contribution in [-0.4, -0.2) is 0 Å². The molecule has 0 saturated carbocycles. The number of rotatable bonds is 5. The zero-order valence-electron chi connectivity index (χ0n) is 12.8. The molecule has 0 unspecified atom stereocenters. The maximum absolute atomic E-state index is 6.21. The molecule has 2 nitrogen and oxygen atoms in total. The highest BCUT2D eigenvalue weighted by atomic mass is 31.2. The van der Waals surface area contributed by atoms with Crippen LogP contribution in [0.2, 0.25) is 0 Å². The lowest BCUT2D eigenvalue weighted by molar-refractivity contribution is 0.494. The molecule has 3 heteroatoms. The van der Waals surface area contributed by atoms with Crippen molar-refractivity contribution in [2.24, 2.45) is 0 Å². The van der Waals surface area contributed by atoms with Gasteiger partial charge in [-0.2, -0.15) is 0 Å². The molecule has 0 radical (unpaired) electrons. The van der Waals surface area contributed by atoms with Gasteiger partial charge in [-0.1, -0.05) is 54.6 Å². The Labute approximate surface area is 133 Å². The van der Waals surface area contributed by atoms with E-state index in [1.807, 2.05) is 36.4 Å². The molecule has 3 rings (SSSR count). The summed E-state index contributed by atoms with van der Waals surface area (Å²) < 4.78 is 12.4. The Kier molecular flexibility index (Phi) is 4.60. The Morgan fingerprint density at radius 3 is 1.82 bits per heavy atom. The van der Waals surface area contributed by atoms with E-state index in [0.29, 0.717) is 0 Å². The molecule has 112 valence electrons. The Morgan fingerprint density at radius 2 is 1.36 bits per heavy atom. The maximum atomic E-state index is 6.21. The van der Waals surface area contributed by atoms with Gasteiger partial charge in [-0.25, -0.2) is 0 Å². The first kappa shape index (κ1) is 14.9. The van der Waals surface area contributed by atoms with Gasteiger partial charge in [0.15, 0.2) is 0 Å². The molecule has 2 aromatic rings. The Bertz CT molecular complexity index is 671. The monoisotopic (exact) mass is 310 g/mol. The summed E-state index contributed by atoms with van der Waals surface area (Å²) in [5.74, 6) is 1.76. The number of allylic oxidation sites excluding steroid dienone is 4. The fraction of sp³-hybridized carbons (Fsp3) is 0.158. The van der Waals surface area contributed by atoms with Gasteiger partial charge in [0.1, 0.15) is 11.5 Å². The maximum Gasteiger partial charge on any atom is 0.325 e. The van der Waals surface area contributed by atoms with Crippen LogP contribution in [0.25, 0.3) is 0 Å². The van der Waals surface area contributed by atoms with Gasteiger partial charge in [0, 0.05) is 0 Å². The fourth-order valence-electron chi connectivity index (χ4n) is 2.20. The highest BCUT2D eigenvalue weighted by molar-refractivity contribution is 7.53. The van der Waals surface area contributed by atoms with Crippen molar-refractivity contribution in [2.45, 2.75) is 20.3 Å². The molecule has 1 aliphatic carbocycles. The van der Waals surface area contributed by atoms with Crippen LogP contribution in [0.3, 0.4) is 0 Å². The number of hydrogen-bond donors (Lipinski definition) is 0. The number of aryl methyl sites for hydroxylation is 2. The molecule has 0 amide bonds. The summed E-state index contributed by atoms with van der Waals surface area (Å²) in [5.41, 5.74) is 2.23. The lowest BCUT2D eigenvalue weighted by Gasteiger charge is -2.20. The lowest BCUT2D eigenvalue weighted by atomic mass is 10.2. The number of benzene rings is 2. The molecular weight excluding hydrogens is 291 g/mol. The first-order valence-corrected chi connectivity index (χ1v) is 8.56. The average molecular weight is 310 g/mol. The van der Waals surface area contributed by atoms with E-state index in [1.54, 1.807) is 0 Å². The van der Waals surface area contributed by atoms with Crippen LogP contribution in [0.4, 0.5) is 0 Å². The third-order valence-corrected chi connectivity index (χ3v) is 4.99. The second-order valence-electron chi connectivity index (χ2n) is 5.24. The van der Waals surface area contributed by atoms with Crippen LogP contribution in [0, 0.1) is 13.8 Å². The van der Waals surface area contributed by atoms with Gasteiger partial charge in [-0.15, -0.1) is 0 Å². The van der Waals surface area contributed by atoms with E-state index in [2.05, 4.69) is 44.2 Å². The topological polar surface area (TPSA) is 18.5 Å².